The average Bonchev–Trinajstić information content (AvgIpc) is 2.40. The van der Waals surface area contributed by atoms with Crippen molar-refractivity contribution in [1.82, 2.24) is 4.31 Å². The minimum atomic E-state index is -3.17. The van der Waals surface area contributed by atoms with Gasteiger partial charge in [0.1, 0.15) is 0 Å². The van der Waals surface area contributed by atoms with Crippen molar-refractivity contribution in [2.24, 2.45) is 11.7 Å². The van der Waals surface area contributed by atoms with Gasteiger partial charge in [-0.2, -0.15) is 0 Å². The Kier molecular flexibility index (Phi) is 7.04. The van der Waals surface area contributed by atoms with Crippen LogP contribution in [0.5, 0.6) is 0 Å². The SMILES string of the molecule is Cl.NCCC1CCCN(S(=O)(=O)C2CCCOC2)C1. The number of nitrogens with zero attached hydrogens (tertiary/aromatic N) is 1. The fourth-order valence-corrected chi connectivity index (χ4v) is 4.84. The van der Waals surface area contributed by atoms with Crippen molar-refractivity contribution in [2.75, 3.05) is 32.8 Å². The van der Waals surface area contributed by atoms with Gasteiger partial charge < -0.3 is 10.5 Å². The van der Waals surface area contributed by atoms with E-state index in [1.165, 1.54) is 0 Å². The van der Waals surface area contributed by atoms with Gasteiger partial charge in [0.15, 0.2) is 0 Å². The van der Waals surface area contributed by atoms with E-state index in [2.05, 4.69) is 0 Å². The molecule has 0 aromatic rings. The molecule has 2 heterocycles. The summed E-state index contributed by atoms with van der Waals surface area (Å²) in [5.41, 5.74) is 5.57. The van der Waals surface area contributed by atoms with Crippen LogP contribution in [-0.2, 0) is 14.8 Å². The van der Waals surface area contributed by atoms with E-state index < -0.39 is 10.0 Å². The lowest BCUT2D eigenvalue weighted by Crippen LogP contribution is -2.47. The number of rotatable bonds is 4. The van der Waals surface area contributed by atoms with E-state index in [1.807, 2.05) is 0 Å². The molecule has 7 heteroatoms. The van der Waals surface area contributed by atoms with E-state index in [4.69, 9.17) is 10.5 Å². The number of ether oxygens (including phenoxy) is 1. The predicted molar refractivity (Wildman–Crippen MR) is 78.0 cm³/mol. The van der Waals surface area contributed by atoms with Crippen LogP contribution in [0, 0.1) is 5.92 Å². The lowest BCUT2D eigenvalue weighted by atomic mass is 9.96. The molecular formula is C12H25ClN2O3S. The third-order valence-electron chi connectivity index (χ3n) is 3.96. The van der Waals surface area contributed by atoms with Crippen LogP contribution in [0.25, 0.3) is 0 Å². The first-order chi connectivity index (χ1) is 8.64. The average molecular weight is 313 g/mol. The second-order valence-corrected chi connectivity index (χ2v) is 7.54. The molecule has 0 aromatic heterocycles. The van der Waals surface area contributed by atoms with Crippen molar-refractivity contribution < 1.29 is 13.2 Å². The first kappa shape index (κ1) is 17.2. The van der Waals surface area contributed by atoms with Gasteiger partial charge in [0.2, 0.25) is 10.0 Å². The lowest BCUT2D eigenvalue weighted by Gasteiger charge is -2.35. The molecule has 2 rings (SSSR count). The van der Waals surface area contributed by atoms with E-state index in [9.17, 15) is 8.42 Å². The normalized spacial score (nSPS) is 29.7. The molecule has 0 aromatic carbocycles. The number of halogens is 1. The Labute approximate surface area is 122 Å². The highest BCUT2D eigenvalue weighted by Gasteiger charge is 2.35. The van der Waals surface area contributed by atoms with Gasteiger partial charge in [-0.3, -0.25) is 0 Å². The maximum atomic E-state index is 12.5. The Balaban J connectivity index is 0.00000180. The zero-order valence-electron chi connectivity index (χ0n) is 11.3. The van der Waals surface area contributed by atoms with Gasteiger partial charge >= 0.3 is 0 Å². The fourth-order valence-electron chi connectivity index (χ4n) is 2.89. The minimum Gasteiger partial charge on any atom is -0.380 e. The van der Waals surface area contributed by atoms with E-state index in [-0.39, 0.29) is 17.7 Å². The first-order valence-corrected chi connectivity index (χ1v) is 8.41. The highest BCUT2D eigenvalue weighted by atomic mass is 35.5. The largest absolute Gasteiger partial charge is 0.380 e. The summed E-state index contributed by atoms with van der Waals surface area (Å²) in [6, 6.07) is 0. The molecule has 2 unspecified atom stereocenters. The maximum absolute atomic E-state index is 12.5. The van der Waals surface area contributed by atoms with Gasteiger partial charge in [0, 0.05) is 19.7 Å². The lowest BCUT2D eigenvalue weighted by molar-refractivity contribution is 0.0966. The van der Waals surface area contributed by atoms with Crippen molar-refractivity contribution in [1.29, 1.82) is 0 Å². The second-order valence-electron chi connectivity index (χ2n) is 5.33. The van der Waals surface area contributed by atoms with Crippen molar-refractivity contribution in [3.05, 3.63) is 0 Å². The summed E-state index contributed by atoms with van der Waals surface area (Å²) in [5.74, 6) is 0.433. The van der Waals surface area contributed by atoms with Crippen molar-refractivity contribution >= 4 is 22.4 Å². The molecular weight excluding hydrogens is 288 g/mol. The molecule has 0 spiro atoms. The molecule has 0 bridgehead atoms. The van der Waals surface area contributed by atoms with E-state index in [0.717, 1.165) is 32.1 Å². The Bertz CT molecular complexity index is 356. The zero-order valence-corrected chi connectivity index (χ0v) is 12.9. The quantitative estimate of drug-likeness (QED) is 0.840. The van der Waals surface area contributed by atoms with Crippen LogP contribution >= 0.6 is 12.4 Å². The summed E-state index contributed by atoms with van der Waals surface area (Å²) in [6.45, 7) is 3.02. The molecule has 2 atom stereocenters. The number of piperidine rings is 1. The van der Waals surface area contributed by atoms with Crippen molar-refractivity contribution in [3.8, 4) is 0 Å². The van der Waals surface area contributed by atoms with Gasteiger partial charge in [-0.25, -0.2) is 12.7 Å². The van der Waals surface area contributed by atoms with Gasteiger partial charge in [0.05, 0.1) is 11.9 Å². The molecule has 2 aliphatic heterocycles. The predicted octanol–water partition coefficient (Wildman–Crippen LogP) is 0.978. The Hall–Kier alpha value is 0.120. The van der Waals surface area contributed by atoms with Crippen molar-refractivity contribution in [3.63, 3.8) is 0 Å². The molecule has 5 nitrogen and oxygen atoms in total. The molecule has 114 valence electrons. The van der Waals surface area contributed by atoms with Crippen molar-refractivity contribution in [2.45, 2.75) is 37.4 Å². The van der Waals surface area contributed by atoms with Crippen LogP contribution in [0.4, 0.5) is 0 Å². The van der Waals surface area contributed by atoms with E-state index >= 15 is 0 Å². The monoisotopic (exact) mass is 312 g/mol. The maximum Gasteiger partial charge on any atom is 0.219 e. The molecule has 19 heavy (non-hydrogen) atoms. The Morgan fingerprint density at radius 3 is 2.68 bits per heavy atom. The molecule has 0 saturated carbocycles. The topological polar surface area (TPSA) is 72.6 Å². The summed E-state index contributed by atoms with van der Waals surface area (Å²) in [4.78, 5) is 0. The fraction of sp³-hybridized carbons (Fsp3) is 1.00. The summed E-state index contributed by atoms with van der Waals surface area (Å²) in [7, 11) is -3.17. The summed E-state index contributed by atoms with van der Waals surface area (Å²) < 4.78 is 32.0. The standard InChI is InChI=1S/C12H24N2O3S.ClH/c13-6-5-11-3-1-7-14(9-11)18(15,16)12-4-2-8-17-10-12;/h11-12H,1-10,13H2;1H. The molecule has 2 fully saturated rings. The smallest absolute Gasteiger partial charge is 0.219 e. The first-order valence-electron chi connectivity index (χ1n) is 6.91. The van der Waals surface area contributed by atoms with Crippen LogP contribution in [0.1, 0.15) is 32.1 Å². The van der Waals surface area contributed by atoms with Gasteiger partial charge in [-0.15, -0.1) is 12.4 Å². The van der Waals surface area contributed by atoms with Crippen LogP contribution in [0.15, 0.2) is 0 Å². The van der Waals surface area contributed by atoms with Crippen LogP contribution in [-0.4, -0.2) is 50.8 Å². The third kappa shape index (κ3) is 4.29. The van der Waals surface area contributed by atoms with E-state index in [1.54, 1.807) is 4.31 Å². The molecule has 0 aliphatic carbocycles. The van der Waals surface area contributed by atoms with Crippen LogP contribution < -0.4 is 5.73 Å². The van der Waals surface area contributed by atoms with E-state index in [0.29, 0.717) is 38.8 Å². The molecule has 0 amide bonds. The number of hydrogen-bond donors (Lipinski definition) is 1. The number of sulfonamides is 1. The van der Waals surface area contributed by atoms with Gasteiger partial charge in [-0.05, 0) is 44.6 Å². The molecule has 2 N–H and O–H groups in total. The third-order valence-corrected chi connectivity index (χ3v) is 6.22. The highest BCUT2D eigenvalue weighted by Crippen LogP contribution is 2.25. The molecule has 2 saturated heterocycles. The number of hydrogen-bond acceptors (Lipinski definition) is 4. The van der Waals surface area contributed by atoms with Gasteiger partial charge in [0.25, 0.3) is 0 Å². The summed E-state index contributed by atoms with van der Waals surface area (Å²) in [6.07, 6.45) is 4.57. The zero-order chi connectivity index (χ0) is 13.0. The summed E-state index contributed by atoms with van der Waals surface area (Å²) in [5, 5.41) is -0.331. The second kappa shape index (κ2) is 7.78. The Morgan fingerprint density at radius 1 is 1.26 bits per heavy atom. The molecule has 0 radical (unpaired) electrons. The van der Waals surface area contributed by atoms with Crippen LogP contribution in [0.2, 0.25) is 0 Å². The van der Waals surface area contributed by atoms with Gasteiger partial charge in [-0.1, -0.05) is 0 Å². The Morgan fingerprint density at radius 2 is 2.05 bits per heavy atom. The summed E-state index contributed by atoms with van der Waals surface area (Å²) >= 11 is 0. The van der Waals surface area contributed by atoms with Crippen LogP contribution in [0.3, 0.4) is 0 Å². The number of nitrogens with two attached hydrogens (primary N) is 1. The highest BCUT2D eigenvalue weighted by molar-refractivity contribution is 7.89. The molecule has 2 aliphatic rings. The minimum absolute atomic E-state index is 0.